The van der Waals surface area contributed by atoms with Gasteiger partial charge in [0.2, 0.25) is 5.91 Å². The third-order valence-electron chi connectivity index (χ3n) is 4.00. The van der Waals surface area contributed by atoms with Crippen molar-refractivity contribution in [2.24, 2.45) is 7.05 Å². The Labute approximate surface area is 159 Å². The number of aromatic nitrogens is 3. The number of amides is 1. The van der Waals surface area contributed by atoms with Gasteiger partial charge in [-0.25, -0.2) is 8.78 Å². The Morgan fingerprint density at radius 3 is 2.59 bits per heavy atom. The molecule has 1 N–H and O–H groups in total. The molecule has 0 aliphatic heterocycles. The van der Waals surface area contributed by atoms with E-state index in [4.69, 9.17) is 0 Å². The molecule has 0 aliphatic rings. The fourth-order valence-electron chi connectivity index (χ4n) is 2.42. The monoisotopic (exact) mass is 388 g/mol. The van der Waals surface area contributed by atoms with Crippen LogP contribution < -0.4 is 5.32 Å². The van der Waals surface area contributed by atoms with Crippen molar-refractivity contribution in [2.45, 2.75) is 18.6 Å². The van der Waals surface area contributed by atoms with Gasteiger partial charge in [-0.3, -0.25) is 4.79 Å². The van der Waals surface area contributed by atoms with E-state index in [9.17, 15) is 13.6 Å². The Bertz CT molecular complexity index is 957. The number of carbonyl (C=O) groups excluding carboxylic acids is 1. The largest absolute Gasteiger partial charge is 0.351 e. The minimum absolute atomic E-state index is 0.156. The fraction of sp³-hybridized carbons (Fsp3) is 0.211. The van der Waals surface area contributed by atoms with E-state index in [0.717, 1.165) is 5.56 Å². The molecule has 3 rings (SSSR count). The molecule has 5 nitrogen and oxygen atoms in total. The topological polar surface area (TPSA) is 59.8 Å². The Morgan fingerprint density at radius 2 is 1.89 bits per heavy atom. The molecule has 1 heterocycles. The van der Waals surface area contributed by atoms with Crippen LogP contribution in [0.1, 0.15) is 11.1 Å². The van der Waals surface area contributed by atoms with Crippen LogP contribution >= 0.6 is 11.8 Å². The molecule has 0 unspecified atom stereocenters. The predicted molar refractivity (Wildman–Crippen MR) is 100 cm³/mol. The number of nitrogens with zero attached hydrogens (tertiary/aromatic N) is 3. The molecule has 0 bridgehead atoms. The van der Waals surface area contributed by atoms with Crippen molar-refractivity contribution in [3.8, 4) is 11.4 Å². The quantitative estimate of drug-likeness (QED) is 0.657. The van der Waals surface area contributed by atoms with Crippen molar-refractivity contribution >= 4 is 17.7 Å². The van der Waals surface area contributed by atoms with Crippen LogP contribution in [0.3, 0.4) is 0 Å². The van der Waals surface area contributed by atoms with Crippen LogP contribution in [0.4, 0.5) is 8.78 Å². The predicted octanol–water partition coefficient (Wildman–Crippen LogP) is 3.48. The molecule has 3 aromatic rings. The van der Waals surface area contributed by atoms with E-state index in [-0.39, 0.29) is 29.8 Å². The summed E-state index contributed by atoms with van der Waals surface area (Å²) in [7, 11) is 1.79. The van der Waals surface area contributed by atoms with Gasteiger partial charge in [0.1, 0.15) is 11.6 Å². The Kier molecular flexibility index (Phi) is 5.85. The molecule has 0 saturated heterocycles. The van der Waals surface area contributed by atoms with Crippen molar-refractivity contribution < 1.29 is 13.6 Å². The van der Waals surface area contributed by atoms with Gasteiger partial charge in [0.25, 0.3) is 0 Å². The Morgan fingerprint density at radius 1 is 1.15 bits per heavy atom. The lowest BCUT2D eigenvalue weighted by Gasteiger charge is -2.07. The van der Waals surface area contributed by atoms with Gasteiger partial charge in [-0.05, 0) is 48.4 Å². The number of halogens is 2. The molecule has 0 saturated carbocycles. The molecule has 0 radical (unpaired) electrons. The van der Waals surface area contributed by atoms with Gasteiger partial charge in [-0.15, -0.1) is 10.2 Å². The Hall–Kier alpha value is -2.74. The van der Waals surface area contributed by atoms with Crippen LogP contribution in [0.2, 0.25) is 0 Å². The highest BCUT2D eigenvalue weighted by Crippen LogP contribution is 2.22. The van der Waals surface area contributed by atoms with E-state index >= 15 is 0 Å². The van der Waals surface area contributed by atoms with Crippen LogP contribution in [0.15, 0.2) is 47.6 Å². The van der Waals surface area contributed by atoms with Gasteiger partial charge in [0, 0.05) is 19.2 Å². The van der Waals surface area contributed by atoms with Crippen molar-refractivity contribution in [1.82, 2.24) is 20.1 Å². The number of nitrogens with one attached hydrogen (secondary N) is 1. The molecule has 1 aromatic heterocycles. The summed E-state index contributed by atoms with van der Waals surface area (Å²) in [5.41, 5.74) is 2.01. The average Bonchev–Trinajstić information content (AvgIpc) is 3.02. The van der Waals surface area contributed by atoms with Gasteiger partial charge in [0.15, 0.2) is 11.0 Å². The second-order valence-electron chi connectivity index (χ2n) is 6.02. The van der Waals surface area contributed by atoms with E-state index in [1.165, 1.54) is 30.0 Å². The molecular formula is C19H18F2N4OS. The molecule has 1 amide bonds. The summed E-state index contributed by atoms with van der Waals surface area (Å²) in [6.45, 7) is 1.95. The molecule has 0 fully saturated rings. The van der Waals surface area contributed by atoms with Crippen molar-refractivity contribution in [3.63, 3.8) is 0 Å². The number of rotatable bonds is 6. The van der Waals surface area contributed by atoms with Gasteiger partial charge in [0.05, 0.1) is 5.75 Å². The zero-order chi connectivity index (χ0) is 19.4. The normalized spacial score (nSPS) is 10.8. The molecule has 27 heavy (non-hydrogen) atoms. The second-order valence-corrected chi connectivity index (χ2v) is 6.96. The highest BCUT2D eigenvalue weighted by atomic mass is 32.2. The summed E-state index contributed by atoms with van der Waals surface area (Å²) in [4.78, 5) is 12.0. The first-order valence-electron chi connectivity index (χ1n) is 8.24. The van der Waals surface area contributed by atoms with Gasteiger partial charge in [-0.2, -0.15) is 0 Å². The molecule has 140 valence electrons. The minimum atomic E-state index is -0.319. The maximum Gasteiger partial charge on any atom is 0.230 e. The first-order chi connectivity index (χ1) is 12.9. The van der Waals surface area contributed by atoms with Gasteiger partial charge in [-0.1, -0.05) is 23.9 Å². The molecule has 0 spiro atoms. The zero-order valence-electron chi connectivity index (χ0n) is 14.9. The summed E-state index contributed by atoms with van der Waals surface area (Å²) in [6, 6.07) is 10.9. The van der Waals surface area contributed by atoms with Crippen LogP contribution in [0.5, 0.6) is 0 Å². The number of hydrogen-bond acceptors (Lipinski definition) is 4. The van der Waals surface area contributed by atoms with Crippen LogP contribution in [0, 0.1) is 18.6 Å². The highest BCUT2D eigenvalue weighted by molar-refractivity contribution is 7.99. The first kappa shape index (κ1) is 19.0. The lowest BCUT2D eigenvalue weighted by Crippen LogP contribution is -2.24. The smallest absolute Gasteiger partial charge is 0.230 e. The highest BCUT2D eigenvalue weighted by Gasteiger charge is 2.13. The van der Waals surface area contributed by atoms with Crippen LogP contribution in [-0.4, -0.2) is 26.4 Å². The lowest BCUT2D eigenvalue weighted by molar-refractivity contribution is -0.118. The summed E-state index contributed by atoms with van der Waals surface area (Å²) in [6.07, 6.45) is 0. The molecule has 8 heteroatoms. The third-order valence-corrected chi connectivity index (χ3v) is 5.02. The summed E-state index contributed by atoms with van der Waals surface area (Å²) < 4.78 is 28.3. The van der Waals surface area contributed by atoms with E-state index in [1.807, 2.05) is 0 Å². The number of hydrogen-bond donors (Lipinski definition) is 1. The SMILES string of the molecule is Cc1ccc(CNC(=O)CSc2nnc(-c3ccc(F)cc3)n2C)cc1F. The van der Waals surface area contributed by atoms with Gasteiger partial charge >= 0.3 is 0 Å². The Balaban J connectivity index is 1.56. The number of thioether (sulfide) groups is 1. The summed E-state index contributed by atoms with van der Waals surface area (Å²) in [5, 5.41) is 11.5. The fourth-order valence-corrected chi connectivity index (χ4v) is 3.16. The summed E-state index contributed by atoms with van der Waals surface area (Å²) in [5.74, 6) is -0.0477. The zero-order valence-corrected chi connectivity index (χ0v) is 15.7. The van der Waals surface area contributed by atoms with Gasteiger partial charge < -0.3 is 9.88 Å². The number of carbonyl (C=O) groups is 1. The van der Waals surface area contributed by atoms with E-state index in [2.05, 4.69) is 15.5 Å². The van der Waals surface area contributed by atoms with E-state index in [1.54, 1.807) is 42.8 Å². The number of benzene rings is 2. The molecule has 0 atom stereocenters. The standard InChI is InChI=1S/C19H18F2N4OS/c1-12-3-4-13(9-16(12)21)10-22-17(26)11-27-19-24-23-18(25(19)2)14-5-7-15(20)8-6-14/h3-9H,10-11H2,1-2H3,(H,22,26). The maximum absolute atomic E-state index is 13.5. The first-order valence-corrected chi connectivity index (χ1v) is 9.22. The number of aryl methyl sites for hydroxylation is 1. The van der Waals surface area contributed by atoms with E-state index < -0.39 is 0 Å². The van der Waals surface area contributed by atoms with E-state index in [0.29, 0.717) is 22.1 Å². The van der Waals surface area contributed by atoms with Crippen LogP contribution in [0.25, 0.3) is 11.4 Å². The van der Waals surface area contributed by atoms with Crippen molar-refractivity contribution in [1.29, 1.82) is 0 Å². The summed E-state index contributed by atoms with van der Waals surface area (Å²) >= 11 is 1.24. The van der Waals surface area contributed by atoms with Crippen molar-refractivity contribution in [3.05, 3.63) is 65.2 Å². The van der Waals surface area contributed by atoms with Crippen LogP contribution in [-0.2, 0) is 18.4 Å². The minimum Gasteiger partial charge on any atom is -0.351 e. The second kappa shape index (κ2) is 8.30. The van der Waals surface area contributed by atoms with Crippen molar-refractivity contribution in [2.75, 3.05) is 5.75 Å². The third kappa shape index (κ3) is 4.71. The lowest BCUT2D eigenvalue weighted by atomic mass is 10.1. The maximum atomic E-state index is 13.5. The molecule has 2 aromatic carbocycles. The average molecular weight is 388 g/mol. The molecule has 0 aliphatic carbocycles. The molecular weight excluding hydrogens is 370 g/mol.